The maximum Gasteiger partial charge on any atom is 0.329 e. The predicted molar refractivity (Wildman–Crippen MR) is 84.4 cm³/mol. The Bertz CT molecular complexity index is 658. The van der Waals surface area contributed by atoms with Crippen LogP contribution < -0.4 is 5.32 Å². The van der Waals surface area contributed by atoms with E-state index in [1.54, 1.807) is 54.6 Å². The van der Waals surface area contributed by atoms with Crippen molar-refractivity contribution in [3.8, 4) is 0 Å². The maximum atomic E-state index is 12.1. The monoisotopic (exact) mass is 363 g/mol. The number of halogens is 1. The SMILES string of the molecule is O=C(N[C@@H](C(=O)O)[C@H](O)c1ccccc1)c1ccc(Br)cc1. The van der Waals surface area contributed by atoms with Crippen molar-refractivity contribution in [2.45, 2.75) is 12.1 Å². The zero-order valence-electron chi connectivity index (χ0n) is 11.4. The van der Waals surface area contributed by atoms with Crippen LogP contribution in [0.3, 0.4) is 0 Å². The third-order valence-electron chi connectivity index (χ3n) is 3.12. The number of amides is 1. The van der Waals surface area contributed by atoms with E-state index in [4.69, 9.17) is 0 Å². The summed E-state index contributed by atoms with van der Waals surface area (Å²) in [6, 6.07) is 13.4. The number of aliphatic carboxylic acids is 1. The van der Waals surface area contributed by atoms with Crippen LogP contribution in [0.1, 0.15) is 22.0 Å². The van der Waals surface area contributed by atoms with Crippen LogP contribution in [-0.4, -0.2) is 28.1 Å². The topological polar surface area (TPSA) is 86.6 Å². The molecule has 0 heterocycles. The Morgan fingerprint density at radius 2 is 1.59 bits per heavy atom. The molecule has 2 rings (SSSR count). The van der Waals surface area contributed by atoms with Crippen molar-refractivity contribution in [2.75, 3.05) is 0 Å². The molecule has 2 aromatic rings. The predicted octanol–water partition coefficient (Wildman–Crippen LogP) is 2.37. The lowest BCUT2D eigenvalue weighted by atomic mass is 10.0. The fraction of sp³-hybridized carbons (Fsp3) is 0.125. The molecular weight excluding hydrogens is 350 g/mol. The molecule has 22 heavy (non-hydrogen) atoms. The minimum absolute atomic E-state index is 0.315. The van der Waals surface area contributed by atoms with Crippen molar-refractivity contribution in [2.24, 2.45) is 0 Å². The first-order valence-electron chi connectivity index (χ1n) is 6.51. The smallest absolute Gasteiger partial charge is 0.329 e. The molecule has 0 saturated heterocycles. The first-order valence-corrected chi connectivity index (χ1v) is 7.30. The van der Waals surface area contributed by atoms with E-state index in [1.807, 2.05) is 0 Å². The van der Waals surface area contributed by atoms with Crippen molar-refractivity contribution in [3.05, 3.63) is 70.2 Å². The number of nitrogens with one attached hydrogen (secondary N) is 1. The molecule has 3 N–H and O–H groups in total. The lowest BCUT2D eigenvalue weighted by molar-refractivity contribution is -0.142. The molecule has 0 aliphatic rings. The van der Waals surface area contributed by atoms with Gasteiger partial charge >= 0.3 is 5.97 Å². The van der Waals surface area contributed by atoms with Gasteiger partial charge < -0.3 is 15.5 Å². The summed E-state index contributed by atoms with van der Waals surface area (Å²) in [5.74, 6) is -1.86. The number of hydrogen-bond donors (Lipinski definition) is 3. The van der Waals surface area contributed by atoms with E-state index in [0.717, 1.165) is 4.47 Å². The van der Waals surface area contributed by atoms with Gasteiger partial charge in [-0.3, -0.25) is 4.79 Å². The van der Waals surface area contributed by atoms with Crippen LogP contribution in [0.15, 0.2) is 59.1 Å². The normalized spacial score (nSPS) is 13.2. The number of benzene rings is 2. The first-order chi connectivity index (χ1) is 10.5. The number of aliphatic hydroxyl groups excluding tert-OH is 1. The van der Waals surface area contributed by atoms with E-state index in [1.165, 1.54) is 0 Å². The van der Waals surface area contributed by atoms with Gasteiger partial charge in [0.15, 0.2) is 6.04 Å². The molecule has 1 amide bonds. The van der Waals surface area contributed by atoms with Crippen LogP contribution in [0.4, 0.5) is 0 Å². The number of carbonyl (C=O) groups excluding carboxylic acids is 1. The van der Waals surface area contributed by atoms with Gasteiger partial charge in [0.05, 0.1) is 0 Å². The Balaban J connectivity index is 2.17. The van der Waals surface area contributed by atoms with Gasteiger partial charge in [0.2, 0.25) is 0 Å². The second-order valence-electron chi connectivity index (χ2n) is 4.65. The summed E-state index contributed by atoms with van der Waals surface area (Å²) in [6.45, 7) is 0. The van der Waals surface area contributed by atoms with Gasteiger partial charge in [-0.25, -0.2) is 4.79 Å². The lowest BCUT2D eigenvalue weighted by Gasteiger charge is -2.20. The van der Waals surface area contributed by atoms with E-state index in [-0.39, 0.29) is 0 Å². The van der Waals surface area contributed by atoms with E-state index in [9.17, 15) is 19.8 Å². The van der Waals surface area contributed by atoms with Crippen LogP contribution >= 0.6 is 15.9 Å². The number of rotatable bonds is 5. The van der Waals surface area contributed by atoms with E-state index in [0.29, 0.717) is 11.1 Å². The van der Waals surface area contributed by atoms with Crippen molar-refractivity contribution in [3.63, 3.8) is 0 Å². The van der Waals surface area contributed by atoms with Crippen LogP contribution in [-0.2, 0) is 4.79 Å². The molecule has 2 aromatic carbocycles. The number of carbonyl (C=O) groups is 2. The van der Waals surface area contributed by atoms with Crippen LogP contribution in [0, 0.1) is 0 Å². The van der Waals surface area contributed by atoms with Gasteiger partial charge in [-0.05, 0) is 29.8 Å². The molecule has 0 aliphatic carbocycles. The second-order valence-corrected chi connectivity index (χ2v) is 5.57. The molecule has 2 atom stereocenters. The summed E-state index contributed by atoms with van der Waals surface area (Å²) in [6.07, 6.45) is -1.34. The lowest BCUT2D eigenvalue weighted by Crippen LogP contribution is -2.45. The van der Waals surface area contributed by atoms with E-state index in [2.05, 4.69) is 21.2 Å². The number of carboxylic acids is 1. The molecule has 0 bridgehead atoms. The Kier molecular flexibility index (Phi) is 5.30. The summed E-state index contributed by atoms with van der Waals surface area (Å²) in [7, 11) is 0. The standard InChI is InChI=1S/C16H14BrNO4/c17-12-8-6-11(7-9-12)15(20)18-13(16(21)22)14(19)10-4-2-1-3-5-10/h1-9,13-14,19H,(H,18,20)(H,21,22)/t13-,14-/m1/s1. The zero-order valence-corrected chi connectivity index (χ0v) is 13.0. The van der Waals surface area contributed by atoms with E-state index >= 15 is 0 Å². The molecule has 0 aromatic heterocycles. The zero-order chi connectivity index (χ0) is 16.1. The average Bonchev–Trinajstić information content (AvgIpc) is 2.53. The summed E-state index contributed by atoms with van der Waals surface area (Å²) >= 11 is 3.26. The highest BCUT2D eigenvalue weighted by Crippen LogP contribution is 2.17. The summed E-state index contributed by atoms with van der Waals surface area (Å²) < 4.78 is 0.808. The second kappa shape index (κ2) is 7.20. The van der Waals surface area contributed by atoms with Crippen LogP contribution in [0.25, 0.3) is 0 Å². The fourth-order valence-electron chi connectivity index (χ4n) is 1.94. The van der Waals surface area contributed by atoms with E-state index < -0.39 is 24.0 Å². The molecular formula is C16H14BrNO4. The van der Waals surface area contributed by atoms with Crippen LogP contribution in [0.2, 0.25) is 0 Å². The van der Waals surface area contributed by atoms with Crippen LogP contribution in [0.5, 0.6) is 0 Å². The Labute approximate surface area is 135 Å². The Morgan fingerprint density at radius 3 is 2.14 bits per heavy atom. The highest BCUT2D eigenvalue weighted by Gasteiger charge is 2.29. The average molecular weight is 364 g/mol. The summed E-state index contributed by atoms with van der Waals surface area (Å²) in [4.78, 5) is 23.5. The third kappa shape index (κ3) is 3.93. The molecule has 114 valence electrons. The van der Waals surface area contributed by atoms with Gasteiger partial charge in [-0.1, -0.05) is 46.3 Å². The number of hydrogen-bond acceptors (Lipinski definition) is 3. The van der Waals surface area contributed by atoms with Crippen molar-refractivity contribution >= 4 is 27.8 Å². The summed E-state index contributed by atoms with van der Waals surface area (Å²) in [5, 5.41) is 21.8. The molecule has 5 nitrogen and oxygen atoms in total. The Morgan fingerprint density at radius 1 is 1.00 bits per heavy atom. The first kappa shape index (κ1) is 16.2. The summed E-state index contributed by atoms with van der Waals surface area (Å²) in [5.41, 5.74) is 0.737. The van der Waals surface area contributed by atoms with Gasteiger partial charge in [-0.2, -0.15) is 0 Å². The molecule has 6 heteroatoms. The molecule has 0 aliphatic heterocycles. The Hall–Kier alpha value is -2.18. The largest absolute Gasteiger partial charge is 0.480 e. The van der Waals surface area contributed by atoms with Gasteiger partial charge in [0.25, 0.3) is 5.91 Å². The highest BCUT2D eigenvalue weighted by atomic mass is 79.9. The fourth-order valence-corrected chi connectivity index (χ4v) is 2.21. The number of carboxylic acid groups (broad SMARTS) is 1. The maximum absolute atomic E-state index is 12.1. The van der Waals surface area contributed by atoms with Crippen molar-refractivity contribution in [1.29, 1.82) is 0 Å². The number of aliphatic hydroxyl groups is 1. The molecule has 0 fully saturated rings. The van der Waals surface area contributed by atoms with Crippen molar-refractivity contribution in [1.82, 2.24) is 5.32 Å². The van der Waals surface area contributed by atoms with Crippen molar-refractivity contribution < 1.29 is 19.8 Å². The molecule has 0 spiro atoms. The minimum atomic E-state index is -1.43. The minimum Gasteiger partial charge on any atom is -0.480 e. The molecule has 0 unspecified atom stereocenters. The quantitative estimate of drug-likeness (QED) is 0.760. The van der Waals surface area contributed by atoms with Gasteiger partial charge in [0, 0.05) is 10.0 Å². The highest BCUT2D eigenvalue weighted by molar-refractivity contribution is 9.10. The van der Waals surface area contributed by atoms with Gasteiger partial charge in [0.1, 0.15) is 6.10 Å². The molecule has 0 radical (unpaired) electrons. The third-order valence-corrected chi connectivity index (χ3v) is 3.64. The van der Waals surface area contributed by atoms with Gasteiger partial charge in [-0.15, -0.1) is 0 Å². The molecule has 0 saturated carbocycles.